The molecule has 1 N–H and O–H groups in total. The number of benzene rings is 1. The largest absolute Gasteiger partial charge is 0.453 e. The molecule has 0 aromatic heterocycles. The fourth-order valence-corrected chi connectivity index (χ4v) is 1.91. The average Bonchev–Trinajstić information content (AvgIpc) is 2.46. The molecule has 110 valence electrons. The second-order valence-corrected chi connectivity index (χ2v) is 5.48. The van der Waals surface area contributed by atoms with Crippen molar-refractivity contribution >= 4 is 11.9 Å². The maximum Gasteiger partial charge on any atom is 0.407 e. The quantitative estimate of drug-likeness (QED) is 0.869. The fourth-order valence-electron chi connectivity index (χ4n) is 1.91. The first kappa shape index (κ1) is 16.2. The lowest BCUT2D eigenvalue weighted by Crippen LogP contribution is -2.47. The third kappa shape index (κ3) is 4.37. The second-order valence-electron chi connectivity index (χ2n) is 5.48. The smallest absolute Gasteiger partial charge is 0.407 e. The van der Waals surface area contributed by atoms with Crippen LogP contribution in [-0.2, 0) is 16.0 Å². The number of hydrogen-bond acceptors (Lipinski definition) is 3. The SMILES string of the molecule is CCC(C)(C)C(=O)[C@H](Cc1ccccc1)NC(=O)OC. The van der Waals surface area contributed by atoms with E-state index in [1.807, 2.05) is 51.1 Å². The number of methoxy groups -OCH3 is 1. The summed E-state index contributed by atoms with van der Waals surface area (Å²) in [5.74, 6) is 0.0225. The normalized spacial score (nSPS) is 12.6. The van der Waals surface area contributed by atoms with Gasteiger partial charge in [0.2, 0.25) is 0 Å². The molecule has 0 aliphatic carbocycles. The maximum absolute atomic E-state index is 12.6. The molecule has 0 saturated carbocycles. The Morgan fingerprint density at radius 2 is 1.85 bits per heavy atom. The Balaban J connectivity index is 2.91. The Labute approximate surface area is 120 Å². The molecule has 0 radical (unpaired) electrons. The lowest BCUT2D eigenvalue weighted by molar-refractivity contribution is -0.129. The zero-order valence-electron chi connectivity index (χ0n) is 12.6. The van der Waals surface area contributed by atoms with E-state index in [9.17, 15) is 9.59 Å². The predicted octanol–water partition coefficient (Wildman–Crippen LogP) is 2.96. The fraction of sp³-hybridized carbons (Fsp3) is 0.500. The molecule has 0 saturated heterocycles. The molecule has 1 atom stereocenters. The minimum atomic E-state index is -0.578. The van der Waals surface area contributed by atoms with E-state index in [0.717, 1.165) is 12.0 Å². The van der Waals surface area contributed by atoms with Crippen LogP contribution >= 0.6 is 0 Å². The lowest BCUT2D eigenvalue weighted by atomic mass is 9.80. The second kappa shape index (κ2) is 7.08. The Bertz CT molecular complexity index is 454. The number of rotatable bonds is 6. The molecule has 4 nitrogen and oxygen atoms in total. The summed E-state index contributed by atoms with van der Waals surface area (Å²) in [6.07, 6.45) is 0.615. The lowest BCUT2D eigenvalue weighted by Gasteiger charge is -2.27. The molecule has 0 heterocycles. The first-order valence-corrected chi connectivity index (χ1v) is 6.83. The molecule has 1 amide bonds. The van der Waals surface area contributed by atoms with Crippen LogP contribution < -0.4 is 5.32 Å². The van der Waals surface area contributed by atoms with E-state index in [2.05, 4.69) is 10.1 Å². The highest BCUT2D eigenvalue weighted by Gasteiger charge is 2.33. The molecule has 0 spiro atoms. The van der Waals surface area contributed by atoms with Gasteiger partial charge in [-0.2, -0.15) is 0 Å². The van der Waals surface area contributed by atoms with Gasteiger partial charge in [-0.05, 0) is 18.4 Å². The van der Waals surface area contributed by atoms with Gasteiger partial charge in [0.25, 0.3) is 0 Å². The molecular formula is C16H23NO3. The van der Waals surface area contributed by atoms with E-state index in [1.165, 1.54) is 7.11 Å². The van der Waals surface area contributed by atoms with Gasteiger partial charge in [0.15, 0.2) is 5.78 Å². The number of ketones is 1. The number of hydrogen-bond donors (Lipinski definition) is 1. The van der Waals surface area contributed by atoms with E-state index >= 15 is 0 Å². The van der Waals surface area contributed by atoms with Crippen molar-refractivity contribution in [3.8, 4) is 0 Å². The van der Waals surface area contributed by atoms with Crippen molar-refractivity contribution in [2.45, 2.75) is 39.7 Å². The summed E-state index contributed by atoms with van der Waals surface area (Å²) in [4.78, 5) is 24.0. The van der Waals surface area contributed by atoms with Gasteiger partial charge in [0.1, 0.15) is 0 Å². The van der Waals surface area contributed by atoms with Gasteiger partial charge in [-0.25, -0.2) is 4.79 Å². The van der Waals surface area contributed by atoms with E-state index < -0.39 is 17.6 Å². The summed E-state index contributed by atoms with van der Waals surface area (Å²) >= 11 is 0. The van der Waals surface area contributed by atoms with Gasteiger partial charge >= 0.3 is 6.09 Å². The molecule has 1 aromatic carbocycles. The number of carbonyl (C=O) groups is 2. The van der Waals surface area contributed by atoms with Crippen LogP contribution in [0.15, 0.2) is 30.3 Å². The summed E-state index contributed by atoms with van der Waals surface area (Å²) < 4.78 is 4.61. The first-order chi connectivity index (χ1) is 9.40. The Hall–Kier alpha value is -1.84. The van der Waals surface area contributed by atoms with Crippen LogP contribution in [0.25, 0.3) is 0 Å². The van der Waals surface area contributed by atoms with Gasteiger partial charge in [-0.1, -0.05) is 51.1 Å². The van der Waals surface area contributed by atoms with Gasteiger partial charge < -0.3 is 10.1 Å². The number of amides is 1. The van der Waals surface area contributed by atoms with Crippen LogP contribution in [0.2, 0.25) is 0 Å². The Kier molecular flexibility index (Phi) is 5.74. The van der Waals surface area contributed by atoms with Gasteiger partial charge in [0.05, 0.1) is 13.2 Å². The van der Waals surface area contributed by atoms with Crippen LogP contribution in [0, 0.1) is 5.41 Å². The average molecular weight is 277 g/mol. The predicted molar refractivity (Wildman–Crippen MR) is 78.6 cm³/mol. The van der Waals surface area contributed by atoms with Crippen LogP contribution in [0.5, 0.6) is 0 Å². The van der Waals surface area contributed by atoms with E-state index in [-0.39, 0.29) is 5.78 Å². The molecular weight excluding hydrogens is 254 g/mol. The zero-order valence-corrected chi connectivity index (χ0v) is 12.6. The van der Waals surface area contributed by atoms with Crippen LogP contribution in [-0.4, -0.2) is 25.0 Å². The Morgan fingerprint density at radius 1 is 1.25 bits per heavy atom. The molecule has 1 aromatic rings. The Morgan fingerprint density at radius 3 is 2.35 bits per heavy atom. The molecule has 1 rings (SSSR count). The number of ether oxygens (including phenoxy) is 1. The number of alkyl carbamates (subject to hydrolysis) is 1. The molecule has 4 heteroatoms. The highest BCUT2D eigenvalue weighted by atomic mass is 16.5. The van der Waals surface area contributed by atoms with Crippen molar-refractivity contribution < 1.29 is 14.3 Å². The highest BCUT2D eigenvalue weighted by Crippen LogP contribution is 2.24. The topological polar surface area (TPSA) is 55.4 Å². The summed E-state index contributed by atoms with van der Waals surface area (Å²) in [5.41, 5.74) is 0.537. The van der Waals surface area contributed by atoms with Crippen molar-refractivity contribution in [3.63, 3.8) is 0 Å². The van der Waals surface area contributed by atoms with Crippen molar-refractivity contribution in [3.05, 3.63) is 35.9 Å². The number of Topliss-reactive ketones (excluding diaryl/α,β-unsaturated/α-hetero) is 1. The summed E-state index contributed by atoms with van der Waals surface area (Å²) in [7, 11) is 1.30. The van der Waals surface area contributed by atoms with Gasteiger partial charge in [-0.3, -0.25) is 4.79 Å². The first-order valence-electron chi connectivity index (χ1n) is 6.83. The molecule has 0 unspecified atom stereocenters. The standard InChI is InChI=1S/C16H23NO3/c1-5-16(2,3)14(18)13(17-15(19)20-4)11-12-9-7-6-8-10-12/h6-10,13H,5,11H2,1-4H3,(H,17,19)/t13-/m0/s1. The molecule has 0 bridgehead atoms. The third-order valence-electron chi connectivity index (χ3n) is 3.63. The van der Waals surface area contributed by atoms with Gasteiger partial charge in [0, 0.05) is 5.41 Å². The molecule has 0 aliphatic heterocycles. The monoisotopic (exact) mass is 277 g/mol. The zero-order chi connectivity index (χ0) is 15.2. The molecule has 0 fully saturated rings. The van der Waals surface area contributed by atoms with E-state index in [1.54, 1.807) is 0 Å². The molecule has 0 aliphatic rings. The summed E-state index contributed by atoms with van der Waals surface area (Å²) in [5, 5.41) is 2.64. The minimum absolute atomic E-state index is 0.0225. The van der Waals surface area contributed by atoms with Crippen molar-refractivity contribution in [2.75, 3.05) is 7.11 Å². The number of nitrogens with one attached hydrogen (secondary N) is 1. The van der Waals surface area contributed by atoms with E-state index in [4.69, 9.17) is 0 Å². The highest BCUT2D eigenvalue weighted by molar-refractivity contribution is 5.91. The maximum atomic E-state index is 12.6. The summed E-state index contributed by atoms with van der Waals surface area (Å²) in [6.45, 7) is 5.76. The third-order valence-corrected chi connectivity index (χ3v) is 3.63. The molecule has 20 heavy (non-hydrogen) atoms. The van der Waals surface area contributed by atoms with Crippen LogP contribution in [0.1, 0.15) is 32.8 Å². The van der Waals surface area contributed by atoms with E-state index in [0.29, 0.717) is 6.42 Å². The van der Waals surface area contributed by atoms with Crippen molar-refractivity contribution in [2.24, 2.45) is 5.41 Å². The van der Waals surface area contributed by atoms with Crippen molar-refractivity contribution in [1.82, 2.24) is 5.32 Å². The minimum Gasteiger partial charge on any atom is -0.453 e. The van der Waals surface area contributed by atoms with Crippen LogP contribution in [0.3, 0.4) is 0 Å². The summed E-state index contributed by atoms with van der Waals surface area (Å²) in [6, 6.07) is 9.07. The van der Waals surface area contributed by atoms with Gasteiger partial charge in [-0.15, -0.1) is 0 Å². The van der Waals surface area contributed by atoms with Crippen molar-refractivity contribution in [1.29, 1.82) is 0 Å². The van der Waals surface area contributed by atoms with Crippen LogP contribution in [0.4, 0.5) is 4.79 Å². The number of carbonyl (C=O) groups excluding carboxylic acids is 2.